The third-order valence-corrected chi connectivity index (χ3v) is 6.25. The van der Waals surface area contributed by atoms with Gasteiger partial charge < -0.3 is 10.6 Å². The fourth-order valence-corrected chi connectivity index (χ4v) is 4.71. The first kappa shape index (κ1) is 17.4. The number of piperidine rings is 1. The van der Waals surface area contributed by atoms with E-state index in [2.05, 4.69) is 37.4 Å². The summed E-state index contributed by atoms with van der Waals surface area (Å²) in [5.74, 6) is 0.508. The van der Waals surface area contributed by atoms with Crippen LogP contribution in [0.5, 0.6) is 0 Å². The highest BCUT2D eigenvalue weighted by molar-refractivity contribution is 7.10. The molecular weight excluding hydrogens is 340 g/mol. The van der Waals surface area contributed by atoms with Crippen LogP contribution in [0.2, 0.25) is 0 Å². The van der Waals surface area contributed by atoms with E-state index in [-0.39, 0.29) is 5.91 Å². The number of aromatic nitrogens is 1. The quantitative estimate of drug-likeness (QED) is 0.826. The first-order valence-corrected chi connectivity index (χ1v) is 9.99. The first-order chi connectivity index (χ1) is 11.7. The molecule has 2 aromatic heterocycles. The fourth-order valence-electron chi connectivity index (χ4n) is 3.22. The third-order valence-electron chi connectivity index (χ3n) is 4.43. The molecule has 130 valence electrons. The van der Waals surface area contributed by atoms with Crippen LogP contribution in [0.1, 0.15) is 33.8 Å². The molecule has 1 aliphatic heterocycles. The van der Waals surface area contributed by atoms with E-state index in [1.54, 1.807) is 0 Å². The Morgan fingerprint density at radius 1 is 1.50 bits per heavy atom. The van der Waals surface area contributed by atoms with Gasteiger partial charge in [0, 0.05) is 31.6 Å². The van der Waals surface area contributed by atoms with E-state index in [0.717, 1.165) is 36.9 Å². The average molecular weight is 365 g/mol. The first-order valence-electron chi connectivity index (χ1n) is 8.34. The van der Waals surface area contributed by atoms with E-state index in [1.165, 1.54) is 29.3 Å². The van der Waals surface area contributed by atoms with E-state index in [0.29, 0.717) is 11.5 Å². The largest absolute Gasteiger partial charge is 0.378 e. The number of carbonyl (C=O) groups excluding carboxylic acids is 1. The highest BCUT2D eigenvalue weighted by Crippen LogP contribution is 2.24. The van der Waals surface area contributed by atoms with Crippen LogP contribution in [-0.4, -0.2) is 41.9 Å². The van der Waals surface area contributed by atoms with Gasteiger partial charge in [0.05, 0.1) is 11.3 Å². The van der Waals surface area contributed by atoms with Gasteiger partial charge in [0.25, 0.3) is 5.91 Å². The zero-order valence-corrected chi connectivity index (χ0v) is 15.8. The number of amides is 1. The number of rotatable bonds is 6. The maximum atomic E-state index is 12.5. The Bertz CT molecular complexity index is 668. The molecule has 3 heterocycles. The molecule has 2 aromatic rings. The summed E-state index contributed by atoms with van der Waals surface area (Å²) in [7, 11) is 1.83. The Labute approximate surface area is 151 Å². The van der Waals surface area contributed by atoms with Gasteiger partial charge in [0.15, 0.2) is 0 Å². The fraction of sp³-hybridized carbons (Fsp3) is 0.529. The summed E-state index contributed by atoms with van der Waals surface area (Å²) in [5.41, 5.74) is 1.48. The van der Waals surface area contributed by atoms with Crippen molar-refractivity contribution in [1.82, 2.24) is 14.6 Å². The number of hydrogen-bond acceptors (Lipinski definition) is 6. The van der Waals surface area contributed by atoms with E-state index in [4.69, 9.17) is 0 Å². The normalized spacial score (nSPS) is 18.5. The number of anilines is 1. The number of thiophene rings is 1. The molecule has 24 heavy (non-hydrogen) atoms. The van der Waals surface area contributed by atoms with Gasteiger partial charge in [-0.1, -0.05) is 6.07 Å². The van der Waals surface area contributed by atoms with Gasteiger partial charge in [-0.15, -0.1) is 11.3 Å². The van der Waals surface area contributed by atoms with E-state index < -0.39 is 0 Å². The van der Waals surface area contributed by atoms with Crippen molar-refractivity contribution in [2.24, 2.45) is 5.92 Å². The Morgan fingerprint density at radius 2 is 2.38 bits per heavy atom. The summed E-state index contributed by atoms with van der Waals surface area (Å²) in [5, 5.41) is 9.14. The van der Waals surface area contributed by atoms with Crippen molar-refractivity contribution in [2.45, 2.75) is 26.3 Å². The van der Waals surface area contributed by atoms with Gasteiger partial charge >= 0.3 is 0 Å². The zero-order valence-electron chi connectivity index (χ0n) is 14.2. The molecule has 0 saturated carbocycles. The predicted octanol–water partition coefficient (Wildman–Crippen LogP) is 3.20. The van der Waals surface area contributed by atoms with Gasteiger partial charge in [0.2, 0.25) is 0 Å². The summed E-state index contributed by atoms with van der Waals surface area (Å²) in [6, 6.07) is 4.31. The minimum Gasteiger partial charge on any atom is -0.378 e. The Balaban J connectivity index is 1.52. The molecule has 7 heteroatoms. The lowest BCUT2D eigenvalue weighted by atomic mass is 9.98. The lowest BCUT2D eigenvalue weighted by molar-refractivity contribution is 0.0931. The van der Waals surface area contributed by atoms with Crippen molar-refractivity contribution >= 4 is 33.8 Å². The molecule has 0 radical (unpaired) electrons. The minimum atomic E-state index is -0.0130. The third kappa shape index (κ3) is 4.15. The van der Waals surface area contributed by atoms with Gasteiger partial charge in [-0.3, -0.25) is 9.69 Å². The zero-order chi connectivity index (χ0) is 16.9. The Morgan fingerprint density at radius 3 is 3.12 bits per heavy atom. The summed E-state index contributed by atoms with van der Waals surface area (Å²) >= 11 is 3.16. The standard InChI is InChI=1S/C17H24N4OS2/c1-12-15(17(18-2)24-20-12)16(22)19-9-13-5-3-7-21(10-13)11-14-6-4-8-23-14/h4,6,8,13,18H,3,5,7,9-11H2,1-2H3,(H,19,22)/t13-/m1/s1. The van der Waals surface area contributed by atoms with Gasteiger partial charge in [-0.05, 0) is 55.2 Å². The van der Waals surface area contributed by atoms with Crippen molar-refractivity contribution in [2.75, 3.05) is 32.0 Å². The maximum Gasteiger partial charge on any atom is 0.256 e. The lowest BCUT2D eigenvalue weighted by Crippen LogP contribution is -2.40. The molecule has 0 unspecified atom stereocenters. The summed E-state index contributed by atoms with van der Waals surface area (Å²) < 4.78 is 4.27. The van der Waals surface area contributed by atoms with Crippen LogP contribution in [0.25, 0.3) is 0 Å². The van der Waals surface area contributed by atoms with Gasteiger partial charge in [0.1, 0.15) is 5.00 Å². The molecule has 1 aliphatic rings. The topological polar surface area (TPSA) is 57.3 Å². The Hall–Kier alpha value is -1.44. The second kappa shape index (κ2) is 8.09. The molecule has 3 rings (SSSR count). The molecular formula is C17H24N4OS2. The Kier molecular flexibility index (Phi) is 5.86. The van der Waals surface area contributed by atoms with Crippen molar-refractivity contribution in [3.05, 3.63) is 33.6 Å². The number of aryl methyl sites for hydroxylation is 1. The van der Waals surface area contributed by atoms with Crippen LogP contribution in [-0.2, 0) is 6.54 Å². The summed E-state index contributed by atoms with van der Waals surface area (Å²) in [6.45, 7) is 5.85. The lowest BCUT2D eigenvalue weighted by Gasteiger charge is -2.32. The SMILES string of the molecule is CNc1snc(C)c1C(=O)NC[C@H]1CCCN(Cc2cccs2)C1. The van der Waals surface area contributed by atoms with Gasteiger partial charge in [-0.2, -0.15) is 4.37 Å². The van der Waals surface area contributed by atoms with Crippen molar-refractivity contribution in [3.8, 4) is 0 Å². The molecule has 1 saturated heterocycles. The number of likely N-dealkylation sites (tertiary alicyclic amines) is 1. The summed E-state index contributed by atoms with van der Waals surface area (Å²) in [6.07, 6.45) is 2.38. The molecule has 0 bridgehead atoms. The van der Waals surface area contributed by atoms with Crippen LogP contribution in [0.4, 0.5) is 5.00 Å². The average Bonchev–Trinajstić information content (AvgIpc) is 3.22. The number of nitrogens with one attached hydrogen (secondary N) is 2. The second-order valence-electron chi connectivity index (χ2n) is 6.25. The highest BCUT2D eigenvalue weighted by atomic mass is 32.1. The van der Waals surface area contributed by atoms with Crippen LogP contribution in [0, 0.1) is 12.8 Å². The number of hydrogen-bond donors (Lipinski definition) is 2. The van der Waals surface area contributed by atoms with Crippen LogP contribution in [0.15, 0.2) is 17.5 Å². The number of nitrogens with zero attached hydrogens (tertiary/aromatic N) is 2. The van der Waals surface area contributed by atoms with Crippen LogP contribution < -0.4 is 10.6 Å². The van der Waals surface area contributed by atoms with Crippen LogP contribution >= 0.6 is 22.9 Å². The highest BCUT2D eigenvalue weighted by Gasteiger charge is 2.22. The molecule has 0 spiro atoms. The van der Waals surface area contributed by atoms with Crippen LogP contribution in [0.3, 0.4) is 0 Å². The molecule has 0 aromatic carbocycles. The smallest absolute Gasteiger partial charge is 0.256 e. The van der Waals surface area contributed by atoms with Crippen molar-refractivity contribution in [1.29, 1.82) is 0 Å². The summed E-state index contributed by atoms with van der Waals surface area (Å²) in [4.78, 5) is 16.4. The molecule has 1 amide bonds. The monoisotopic (exact) mass is 364 g/mol. The molecule has 0 aliphatic carbocycles. The predicted molar refractivity (Wildman–Crippen MR) is 101 cm³/mol. The number of carbonyl (C=O) groups is 1. The molecule has 5 nitrogen and oxygen atoms in total. The second-order valence-corrected chi connectivity index (χ2v) is 8.06. The molecule has 1 atom stereocenters. The van der Waals surface area contributed by atoms with E-state index in [1.807, 2.05) is 25.3 Å². The minimum absolute atomic E-state index is 0.0130. The molecule has 2 N–H and O–H groups in total. The molecule has 1 fully saturated rings. The van der Waals surface area contributed by atoms with Crippen molar-refractivity contribution in [3.63, 3.8) is 0 Å². The van der Waals surface area contributed by atoms with Gasteiger partial charge in [-0.25, -0.2) is 0 Å². The maximum absolute atomic E-state index is 12.5. The van der Waals surface area contributed by atoms with Crippen molar-refractivity contribution < 1.29 is 4.79 Å². The van der Waals surface area contributed by atoms with E-state index in [9.17, 15) is 4.79 Å². The van der Waals surface area contributed by atoms with E-state index >= 15 is 0 Å².